The zero-order valence-electron chi connectivity index (χ0n) is 16.6. The van der Waals surface area contributed by atoms with Gasteiger partial charge in [-0.25, -0.2) is 4.79 Å². The number of esters is 2. The number of benzene rings is 1. The molecule has 1 amide bonds. The molecule has 0 aliphatic carbocycles. The molecule has 0 radical (unpaired) electrons. The van der Waals surface area contributed by atoms with E-state index in [0.29, 0.717) is 5.56 Å². The Labute approximate surface area is 169 Å². The Kier molecular flexibility index (Phi) is 7.23. The van der Waals surface area contributed by atoms with Gasteiger partial charge in [0.2, 0.25) is 12.7 Å². The quantitative estimate of drug-likeness (QED) is 0.411. The van der Waals surface area contributed by atoms with Gasteiger partial charge in [0.1, 0.15) is 11.3 Å². The molecule has 1 aliphatic rings. The van der Waals surface area contributed by atoms with Crippen LogP contribution in [0, 0.1) is 16.7 Å². The van der Waals surface area contributed by atoms with Gasteiger partial charge in [0.25, 0.3) is 0 Å². The molecule has 1 atom stereocenters. The van der Waals surface area contributed by atoms with Crippen molar-refractivity contribution in [1.29, 1.82) is 5.26 Å². The molecule has 1 aliphatic heterocycles. The summed E-state index contributed by atoms with van der Waals surface area (Å²) >= 11 is 0. The number of nitrogens with zero attached hydrogens (tertiary/aromatic N) is 1. The molecule has 1 heterocycles. The van der Waals surface area contributed by atoms with Crippen LogP contribution in [0.1, 0.15) is 49.5 Å². The molecule has 0 bridgehead atoms. The monoisotopic (exact) mass is 402 g/mol. The number of para-hydroxylation sites is 1. The Morgan fingerprint density at radius 2 is 2.07 bits per heavy atom. The van der Waals surface area contributed by atoms with E-state index in [-0.39, 0.29) is 36.5 Å². The van der Waals surface area contributed by atoms with Crippen LogP contribution in [0.5, 0.6) is 5.75 Å². The number of fused-ring (bicyclic) bond motifs is 1. The predicted molar refractivity (Wildman–Crippen MR) is 101 cm³/mol. The van der Waals surface area contributed by atoms with Crippen LogP contribution in [0.15, 0.2) is 18.2 Å². The third kappa shape index (κ3) is 5.96. The lowest BCUT2D eigenvalue weighted by Crippen LogP contribution is -2.53. The van der Waals surface area contributed by atoms with E-state index in [1.807, 2.05) is 6.07 Å². The molecule has 154 valence electrons. The molecular weight excluding hydrogens is 379 g/mol. The molecule has 1 unspecified atom stereocenters. The highest BCUT2D eigenvalue weighted by Gasteiger charge is 2.37. The number of amides is 1. The van der Waals surface area contributed by atoms with Gasteiger partial charge in [-0.3, -0.25) is 9.59 Å². The maximum Gasteiger partial charge on any atom is 0.547 e. The summed E-state index contributed by atoms with van der Waals surface area (Å²) in [5, 5.41) is 21.4. The molecule has 0 saturated carbocycles. The van der Waals surface area contributed by atoms with Crippen molar-refractivity contribution >= 4 is 25.0 Å². The Morgan fingerprint density at radius 1 is 1.34 bits per heavy atom. The zero-order chi connectivity index (χ0) is 21.6. The van der Waals surface area contributed by atoms with Gasteiger partial charge in [0.05, 0.1) is 17.4 Å². The zero-order valence-corrected chi connectivity index (χ0v) is 16.6. The van der Waals surface area contributed by atoms with Crippen LogP contribution in [-0.4, -0.2) is 42.7 Å². The van der Waals surface area contributed by atoms with Gasteiger partial charge in [0, 0.05) is 12.8 Å². The lowest BCUT2D eigenvalue weighted by atomic mass is 9.72. The van der Waals surface area contributed by atoms with Crippen molar-refractivity contribution in [3.05, 3.63) is 29.3 Å². The number of carbonyl (C=O) groups excluding carboxylic acids is 3. The second-order valence-corrected chi connectivity index (χ2v) is 7.57. The average Bonchev–Trinajstić information content (AvgIpc) is 2.65. The normalized spacial score (nSPS) is 15.4. The van der Waals surface area contributed by atoms with Gasteiger partial charge in [-0.15, -0.1) is 0 Å². The van der Waals surface area contributed by atoms with E-state index in [2.05, 4.69) is 5.32 Å². The first-order valence-electron chi connectivity index (χ1n) is 9.10. The van der Waals surface area contributed by atoms with Crippen molar-refractivity contribution in [3.63, 3.8) is 0 Å². The van der Waals surface area contributed by atoms with Crippen LogP contribution >= 0.6 is 0 Å². The standard InChI is InChI=1S/C19H23BN2O7/c1-19(2,3)18(25)28-11-27-17(24)13-7-4-6-12-10-14(20(26)29-16(12)13)22-15(23)8-5-9-21/h4,6-7,14,26H,5,8,10-11H2,1-3H3,(H,22,23). The lowest BCUT2D eigenvalue weighted by molar-refractivity contribution is -0.161. The molecule has 0 spiro atoms. The largest absolute Gasteiger partial charge is 0.547 e. The molecule has 29 heavy (non-hydrogen) atoms. The topological polar surface area (TPSA) is 135 Å². The van der Waals surface area contributed by atoms with Crippen molar-refractivity contribution in [1.82, 2.24) is 5.32 Å². The first kappa shape index (κ1) is 22.2. The van der Waals surface area contributed by atoms with Crippen LogP contribution < -0.4 is 9.97 Å². The van der Waals surface area contributed by atoms with Gasteiger partial charge in [0.15, 0.2) is 0 Å². The Balaban J connectivity index is 2.03. The molecule has 0 saturated heterocycles. The Bertz CT molecular complexity index is 829. The van der Waals surface area contributed by atoms with E-state index in [1.165, 1.54) is 6.07 Å². The Hall–Kier alpha value is -3.06. The van der Waals surface area contributed by atoms with E-state index >= 15 is 0 Å². The van der Waals surface area contributed by atoms with E-state index in [1.54, 1.807) is 32.9 Å². The van der Waals surface area contributed by atoms with Gasteiger partial charge in [-0.2, -0.15) is 5.26 Å². The first-order chi connectivity index (χ1) is 13.6. The molecular formula is C19H23BN2O7. The predicted octanol–water partition coefficient (Wildman–Crippen LogP) is 1.13. The maximum atomic E-state index is 12.4. The molecule has 1 aromatic rings. The number of nitriles is 1. The lowest BCUT2D eigenvalue weighted by Gasteiger charge is -2.29. The van der Waals surface area contributed by atoms with Crippen LogP contribution in [0.25, 0.3) is 0 Å². The highest BCUT2D eigenvalue weighted by atomic mass is 16.7. The average molecular weight is 402 g/mol. The van der Waals surface area contributed by atoms with Crippen molar-refractivity contribution < 1.29 is 33.5 Å². The molecule has 1 aromatic carbocycles. The van der Waals surface area contributed by atoms with Crippen molar-refractivity contribution in [2.24, 2.45) is 5.41 Å². The van der Waals surface area contributed by atoms with Crippen molar-refractivity contribution in [2.75, 3.05) is 6.79 Å². The van der Waals surface area contributed by atoms with Crippen LogP contribution in [0.2, 0.25) is 0 Å². The molecule has 0 aromatic heterocycles. The van der Waals surface area contributed by atoms with E-state index in [4.69, 9.17) is 19.4 Å². The molecule has 0 fully saturated rings. The summed E-state index contributed by atoms with van der Waals surface area (Å²) in [6.45, 7) is 4.49. The van der Waals surface area contributed by atoms with E-state index < -0.39 is 37.2 Å². The Morgan fingerprint density at radius 3 is 2.72 bits per heavy atom. The summed E-state index contributed by atoms with van der Waals surface area (Å²) in [4.78, 5) is 35.9. The summed E-state index contributed by atoms with van der Waals surface area (Å²) in [5.41, 5.74) is -0.0530. The summed E-state index contributed by atoms with van der Waals surface area (Å²) in [6, 6.07) is 6.66. The second kappa shape index (κ2) is 9.43. The highest BCUT2D eigenvalue weighted by molar-refractivity contribution is 6.47. The maximum absolute atomic E-state index is 12.4. The molecule has 2 rings (SSSR count). The van der Waals surface area contributed by atoms with Crippen LogP contribution in [0.4, 0.5) is 0 Å². The SMILES string of the molecule is CC(C)(C)C(=O)OCOC(=O)c1cccc2c1OB(O)C(NC(=O)CCC#N)C2. The van der Waals surface area contributed by atoms with E-state index in [0.717, 1.165) is 0 Å². The number of ether oxygens (including phenoxy) is 2. The molecule has 10 heteroatoms. The fourth-order valence-electron chi connectivity index (χ4n) is 2.59. The fraction of sp³-hybridized carbons (Fsp3) is 0.474. The summed E-state index contributed by atoms with van der Waals surface area (Å²) in [7, 11) is -1.37. The second-order valence-electron chi connectivity index (χ2n) is 7.57. The van der Waals surface area contributed by atoms with Gasteiger partial charge in [-0.05, 0) is 38.8 Å². The van der Waals surface area contributed by atoms with E-state index in [9.17, 15) is 19.4 Å². The van der Waals surface area contributed by atoms with Gasteiger partial charge in [-0.1, -0.05) is 12.1 Å². The number of hydrogen-bond acceptors (Lipinski definition) is 8. The van der Waals surface area contributed by atoms with Gasteiger partial charge < -0.3 is 24.5 Å². The minimum Gasteiger partial charge on any atom is -0.534 e. The minimum atomic E-state index is -1.37. The number of rotatable bonds is 6. The smallest absolute Gasteiger partial charge is 0.534 e. The highest BCUT2D eigenvalue weighted by Crippen LogP contribution is 2.30. The minimum absolute atomic E-state index is 0.0201. The number of hydrogen-bond donors (Lipinski definition) is 2. The third-order valence-electron chi connectivity index (χ3n) is 4.14. The summed E-state index contributed by atoms with van der Waals surface area (Å²) < 4.78 is 15.4. The van der Waals surface area contributed by atoms with Crippen molar-refractivity contribution in [3.8, 4) is 11.8 Å². The fourth-order valence-corrected chi connectivity index (χ4v) is 2.59. The van der Waals surface area contributed by atoms with Crippen LogP contribution in [-0.2, 0) is 25.5 Å². The molecule has 9 nitrogen and oxygen atoms in total. The van der Waals surface area contributed by atoms with Crippen LogP contribution in [0.3, 0.4) is 0 Å². The third-order valence-corrected chi connectivity index (χ3v) is 4.14. The summed E-state index contributed by atoms with van der Waals surface area (Å²) in [5.74, 6) is -2.23. The molecule has 2 N–H and O–H groups in total. The number of nitrogens with one attached hydrogen (secondary N) is 1. The van der Waals surface area contributed by atoms with Crippen molar-refractivity contribution in [2.45, 2.75) is 46.0 Å². The summed E-state index contributed by atoms with van der Waals surface area (Å²) in [6.07, 6.45) is 0.322. The number of carbonyl (C=O) groups is 3. The first-order valence-corrected chi connectivity index (χ1v) is 9.10. The van der Waals surface area contributed by atoms with Gasteiger partial charge >= 0.3 is 19.1 Å².